The van der Waals surface area contributed by atoms with Crippen molar-refractivity contribution in [3.8, 4) is 0 Å². The van der Waals surface area contributed by atoms with Crippen LogP contribution in [-0.2, 0) is 9.53 Å². The van der Waals surface area contributed by atoms with E-state index in [4.69, 9.17) is 0 Å². The third-order valence-corrected chi connectivity index (χ3v) is 1.47. The van der Waals surface area contributed by atoms with Crippen molar-refractivity contribution in [1.29, 1.82) is 0 Å². The summed E-state index contributed by atoms with van der Waals surface area (Å²) in [4.78, 5) is 17.1. The van der Waals surface area contributed by atoms with E-state index < -0.39 is 12.1 Å². The van der Waals surface area contributed by atoms with Crippen molar-refractivity contribution in [3.63, 3.8) is 0 Å². The predicted octanol–water partition coefficient (Wildman–Crippen LogP) is 0.00620. The molecule has 0 radical (unpaired) electrons. The number of nitrogens with zero attached hydrogens (tertiary/aromatic N) is 1. The fourth-order valence-corrected chi connectivity index (χ4v) is 0.800. The number of H-pyrrole nitrogens is 1. The van der Waals surface area contributed by atoms with Gasteiger partial charge in [0.25, 0.3) is 0 Å². The summed E-state index contributed by atoms with van der Waals surface area (Å²) in [6, 6.07) is 0. The molecule has 5 nitrogen and oxygen atoms in total. The number of carbonyl (C=O) groups is 1. The molecule has 0 spiro atoms. The highest BCUT2D eigenvalue weighted by molar-refractivity contribution is 5.69. The molecule has 1 rings (SSSR count). The van der Waals surface area contributed by atoms with E-state index in [0.29, 0.717) is 5.69 Å². The van der Waals surface area contributed by atoms with Crippen molar-refractivity contribution in [2.24, 2.45) is 0 Å². The number of methoxy groups -OCH3 is 1. The third kappa shape index (κ3) is 2.06. The monoisotopic (exact) mass is 170 g/mol. The van der Waals surface area contributed by atoms with Crippen LogP contribution in [0.1, 0.15) is 18.2 Å². The lowest BCUT2D eigenvalue weighted by Crippen LogP contribution is -2.08. The first-order valence-corrected chi connectivity index (χ1v) is 3.47. The average Bonchev–Trinajstić information content (AvgIpc) is 2.56. The molecule has 0 aliphatic carbocycles. The van der Waals surface area contributed by atoms with Crippen molar-refractivity contribution in [2.75, 3.05) is 7.11 Å². The van der Waals surface area contributed by atoms with Gasteiger partial charge in [0.1, 0.15) is 6.10 Å². The highest BCUT2D eigenvalue weighted by Gasteiger charge is 2.13. The molecular formula is C7H10N2O3. The second-order valence-corrected chi connectivity index (χ2v) is 2.30. The Morgan fingerprint density at radius 2 is 2.67 bits per heavy atom. The van der Waals surface area contributed by atoms with E-state index in [1.165, 1.54) is 19.6 Å². The minimum atomic E-state index is -0.861. The van der Waals surface area contributed by atoms with Crippen LogP contribution in [-0.4, -0.2) is 28.2 Å². The normalized spacial score (nSPS) is 12.5. The van der Waals surface area contributed by atoms with Crippen LogP contribution in [0.15, 0.2) is 12.5 Å². The first-order chi connectivity index (χ1) is 5.74. The van der Waals surface area contributed by atoms with Gasteiger partial charge in [-0.15, -0.1) is 0 Å². The van der Waals surface area contributed by atoms with E-state index in [1.54, 1.807) is 0 Å². The van der Waals surface area contributed by atoms with E-state index in [1.807, 2.05) is 0 Å². The SMILES string of the molecule is COC(=O)CC(O)c1cnc[nH]1. The van der Waals surface area contributed by atoms with Crippen LogP contribution in [0.4, 0.5) is 0 Å². The number of aliphatic hydroxyl groups is 1. The van der Waals surface area contributed by atoms with E-state index in [9.17, 15) is 9.90 Å². The third-order valence-electron chi connectivity index (χ3n) is 1.47. The lowest BCUT2D eigenvalue weighted by atomic mass is 10.2. The minimum absolute atomic E-state index is 0.0569. The molecule has 0 amide bonds. The summed E-state index contributed by atoms with van der Waals surface area (Å²) in [5.74, 6) is -0.447. The summed E-state index contributed by atoms with van der Waals surface area (Å²) in [5.41, 5.74) is 0.514. The van der Waals surface area contributed by atoms with Gasteiger partial charge in [-0.25, -0.2) is 4.98 Å². The number of ether oxygens (including phenoxy) is 1. The Morgan fingerprint density at radius 1 is 1.92 bits per heavy atom. The van der Waals surface area contributed by atoms with Crippen LogP contribution >= 0.6 is 0 Å². The minimum Gasteiger partial charge on any atom is -0.469 e. The zero-order valence-electron chi connectivity index (χ0n) is 6.65. The molecule has 1 heterocycles. The van der Waals surface area contributed by atoms with Crippen LogP contribution in [0.5, 0.6) is 0 Å². The maximum absolute atomic E-state index is 10.7. The highest BCUT2D eigenvalue weighted by Crippen LogP contribution is 2.12. The number of nitrogens with one attached hydrogen (secondary N) is 1. The van der Waals surface area contributed by atoms with Crippen LogP contribution < -0.4 is 0 Å². The number of esters is 1. The molecule has 0 saturated carbocycles. The number of rotatable bonds is 3. The number of aromatic nitrogens is 2. The lowest BCUT2D eigenvalue weighted by molar-refractivity contribution is -0.142. The fourth-order valence-electron chi connectivity index (χ4n) is 0.800. The number of hydrogen-bond acceptors (Lipinski definition) is 4. The van der Waals surface area contributed by atoms with E-state index >= 15 is 0 Å². The maximum Gasteiger partial charge on any atom is 0.308 e. The molecule has 0 bridgehead atoms. The van der Waals surface area contributed by atoms with E-state index in [-0.39, 0.29) is 6.42 Å². The number of imidazole rings is 1. The summed E-state index contributed by atoms with van der Waals surface area (Å²) in [7, 11) is 1.28. The Hall–Kier alpha value is -1.36. The maximum atomic E-state index is 10.7. The summed E-state index contributed by atoms with van der Waals surface area (Å²) in [5, 5.41) is 9.34. The van der Waals surface area contributed by atoms with Gasteiger partial charge in [-0.3, -0.25) is 4.79 Å². The number of hydrogen-bond donors (Lipinski definition) is 2. The molecule has 1 aromatic heterocycles. The fraction of sp³-hybridized carbons (Fsp3) is 0.429. The Kier molecular flexibility index (Phi) is 2.82. The van der Waals surface area contributed by atoms with Crippen molar-refractivity contribution in [2.45, 2.75) is 12.5 Å². The molecule has 5 heteroatoms. The molecule has 0 aliphatic rings. The van der Waals surface area contributed by atoms with Crippen LogP contribution in [0.3, 0.4) is 0 Å². The number of aliphatic hydroxyl groups excluding tert-OH is 1. The van der Waals surface area contributed by atoms with Gasteiger partial charge in [-0.2, -0.15) is 0 Å². The Balaban J connectivity index is 2.49. The van der Waals surface area contributed by atoms with Crippen molar-refractivity contribution in [3.05, 3.63) is 18.2 Å². The summed E-state index contributed by atoms with van der Waals surface area (Å²) < 4.78 is 4.39. The quantitative estimate of drug-likeness (QED) is 0.626. The molecule has 1 atom stereocenters. The molecule has 0 aliphatic heterocycles. The molecule has 1 unspecified atom stereocenters. The predicted molar refractivity (Wildman–Crippen MR) is 40.2 cm³/mol. The van der Waals surface area contributed by atoms with Gasteiger partial charge >= 0.3 is 5.97 Å². The topological polar surface area (TPSA) is 75.2 Å². The number of aromatic amines is 1. The molecule has 1 aromatic rings. The van der Waals surface area contributed by atoms with Crippen molar-refractivity contribution >= 4 is 5.97 Å². The molecule has 0 aromatic carbocycles. The van der Waals surface area contributed by atoms with Gasteiger partial charge in [-0.1, -0.05) is 0 Å². The van der Waals surface area contributed by atoms with E-state index in [2.05, 4.69) is 14.7 Å². The average molecular weight is 170 g/mol. The van der Waals surface area contributed by atoms with Crippen molar-refractivity contribution in [1.82, 2.24) is 9.97 Å². The molecule has 2 N–H and O–H groups in total. The largest absolute Gasteiger partial charge is 0.469 e. The first-order valence-electron chi connectivity index (χ1n) is 3.47. The summed E-state index contributed by atoms with van der Waals surface area (Å²) in [6.07, 6.45) is 1.99. The van der Waals surface area contributed by atoms with Gasteiger partial charge in [0.05, 0.1) is 31.7 Å². The Bertz CT molecular complexity index is 245. The molecular weight excluding hydrogens is 160 g/mol. The highest BCUT2D eigenvalue weighted by atomic mass is 16.5. The van der Waals surface area contributed by atoms with Crippen molar-refractivity contribution < 1.29 is 14.6 Å². The van der Waals surface area contributed by atoms with Gasteiger partial charge in [-0.05, 0) is 0 Å². The van der Waals surface area contributed by atoms with Gasteiger partial charge in [0.2, 0.25) is 0 Å². The van der Waals surface area contributed by atoms with Gasteiger partial charge in [0.15, 0.2) is 0 Å². The molecule has 0 saturated heterocycles. The molecule has 66 valence electrons. The summed E-state index contributed by atoms with van der Waals surface area (Å²) in [6.45, 7) is 0. The van der Waals surface area contributed by atoms with Gasteiger partial charge in [0, 0.05) is 0 Å². The lowest BCUT2D eigenvalue weighted by Gasteiger charge is -2.05. The first kappa shape index (κ1) is 8.73. The second kappa shape index (κ2) is 3.87. The molecule has 12 heavy (non-hydrogen) atoms. The zero-order chi connectivity index (χ0) is 8.97. The Labute approximate surface area is 69.4 Å². The van der Waals surface area contributed by atoms with Gasteiger partial charge < -0.3 is 14.8 Å². The van der Waals surface area contributed by atoms with E-state index in [0.717, 1.165) is 0 Å². The summed E-state index contributed by atoms with van der Waals surface area (Å²) >= 11 is 0. The zero-order valence-corrected chi connectivity index (χ0v) is 6.65. The smallest absolute Gasteiger partial charge is 0.308 e. The Morgan fingerprint density at radius 3 is 3.17 bits per heavy atom. The van der Waals surface area contributed by atoms with Crippen LogP contribution in [0.2, 0.25) is 0 Å². The number of carbonyl (C=O) groups excluding carboxylic acids is 1. The van der Waals surface area contributed by atoms with Crippen LogP contribution in [0, 0.1) is 0 Å². The molecule has 0 fully saturated rings. The van der Waals surface area contributed by atoms with Crippen LogP contribution in [0.25, 0.3) is 0 Å². The standard InChI is InChI=1S/C7H10N2O3/c1-12-7(11)2-6(10)5-3-8-4-9-5/h3-4,6,10H,2H2,1H3,(H,8,9). The second-order valence-electron chi connectivity index (χ2n) is 2.30.